The molecule has 0 bridgehead atoms. The fraction of sp³-hybridized carbons (Fsp3) is 0.241. The first-order valence-corrected chi connectivity index (χ1v) is 11.4. The topological polar surface area (TPSA) is 68.7 Å². The van der Waals surface area contributed by atoms with Crippen molar-refractivity contribution in [2.75, 3.05) is 11.9 Å². The van der Waals surface area contributed by atoms with Crippen molar-refractivity contribution in [1.82, 2.24) is 4.98 Å². The molecule has 34 heavy (non-hydrogen) atoms. The molecule has 1 amide bonds. The zero-order valence-corrected chi connectivity index (χ0v) is 20.4. The van der Waals surface area contributed by atoms with E-state index in [0.717, 1.165) is 33.4 Å². The predicted octanol–water partition coefficient (Wildman–Crippen LogP) is 6.75. The molecule has 0 atom stereocenters. The van der Waals surface area contributed by atoms with E-state index in [0.29, 0.717) is 17.7 Å². The van der Waals surface area contributed by atoms with Crippen LogP contribution in [0.2, 0.25) is 0 Å². The monoisotopic (exact) mass is 453 g/mol. The molecule has 0 spiro atoms. The normalized spacial score (nSPS) is 12.2. The number of benzene rings is 3. The Morgan fingerprint density at radius 3 is 2.32 bits per heavy atom. The van der Waals surface area contributed by atoms with Gasteiger partial charge in [0.25, 0.3) is 0 Å². The summed E-state index contributed by atoms with van der Waals surface area (Å²) in [5.41, 5.74) is 5.71. The summed E-state index contributed by atoms with van der Waals surface area (Å²) in [4.78, 5) is 22.3. The third-order valence-corrected chi connectivity index (χ3v) is 5.75. The van der Waals surface area contributed by atoms with Crippen molar-refractivity contribution in [3.63, 3.8) is 0 Å². The van der Waals surface area contributed by atoms with Crippen LogP contribution in [-0.4, -0.2) is 28.8 Å². The minimum atomic E-state index is -0.0694. The van der Waals surface area contributed by atoms with E-state index in [9.17, 15) is 9.90 Å². The lowest BCUT2D eigenvalue weighted by Gasteiger charge is -2.23. The van der Waals surface area contributed by atoms with Gasteiger partial charge >= 0.3 is 0 Å². The van der Waals surface area contributed by atoms with Gasteiger partial charge in [-0.2, -0.15) is 0 Å². The number of aromatic nitrogens is 1. The summed E-state index contributed by atoms with van der Waals surface area (Å²) in [6.45, 7) is 8.20. The number of aryl methyl sites for hydroxylation is 1. The maximum absolute atomic E-state index is 12.6. The van der Waals surface area contributed by atoms with Crippen molar-refractivity contribution < 1.29 is 9.90 Å². The van der Waals surface area contributed by atoms with Gasteiger partial charge in [0.15, 0.2) is 5.88 Å². The van der Waals surface area contributed by atoms with E-state index in [1.165, 1.54) is 0 Å². The number of nitrogens with one attached hydrogen (secondary N) is 1. The van der Waals surface area contributed by atoms with Crippen LogP contribution < -0.4 is 4.90 Å². The molecule has 4 aromatic rings. The fourth-order valence-electron chi connectivity index (χ4n) is 3.99. The number of amides is 1. The number of hydrogen-bond acceptors (Lipinski definition) is 3. The molecule has 1 heterocycles. The zero-order valence-electron chi connectivity index (χ0n) is 20.4. The number of anilines is 1. The molecule has 0 saturated carbocycles. The molecule has 174 valence electrons. The molecule has 4 rings (SSSR count). The number of aromatic hydroxyl groups is 1. The average molecular weight is 454 g/mol. The molecule has 5 heteroatoms. The van der Waals surface area contributed by atoms with Gasteiger partial charge in [0.05, 0.1) is 17.0 Å². The molecule has 3 aromatic carbocycles. The quantitative estimate of drug-likeness (QED) is 0.328. The van der Waals surface area contributed by atoms with Gasteiger partial charge in [-0.1, -0.05) is 63.2 Å². The molecular formula is C29H31N3O2. The minimum Gasteiger partial charge on any atom is -0.494 e. The van der Waals surface area contributed by atoms with Crippen LogP contribution in [0.4, 0.5) is 11.4 Å². The van der Waals surface area contributed by atoms with Crippen molar-refractivity contribution in [2.24, 2.45) is 10.4 Å². The molecule has 0 radical (unpaired) electrons. The summed E-state index contributed by atoms with van der Waals surface area (Å²) in [6, 6.07) is 23.5. The molecule has 0 fully saturated rings. The van der Waals surface area contributed by atoms with Crippen molar-refractivity contribution in [2.45, 2.75) is 34.1 Å². The van der Waals surface area contributed by atoms with Crippen LogP contribution in [0, 0.1) is 12.3 Å². The number of fused-ring (bicyclic) bond motifs is 1. The van der Waals surface area contributed by atoms with Crippen LogP contribution in [0.3, 0.4) is 0 Å². The Bertz CT molecular complexity index is 1340. The summed E-state index contributed by atoms with van der Waals surface area (Å²) >= 11 is 0. The molecule has 0 aliphatic heterocycles. The molecule has 0 aliphatic rings. The van der Waals surface area contributed by atoms with Gasteiger partial charge in [0, 0.05) is 35.6 Å². The molecule has 5 nitrogen and oxygen atoms in total. The van der Waals surface area contributed by atoms with E-state index < -0.39 is 0 Å². The maximum Gasteiger partial charge on any atom is 0.227 e. The number of rotatable bonds is 5. The number of aromatic amines is 1. The second-order valence-electron chi connectivity index (χ2n) is 9.93. The van der Waals surface area contributed by atoms with Crippen LogP contribution in [0.25, 0.3) is 10.9 Å². The minimum absolute atomic E-state index is 0.0694. The summed E-state index contributed by atoms with van der Waals surface area (Å²) < 4.78 is 0. The van der Waals surface area contributed by atoms with Gasteiger partial charge in [0.1, 0.15) is 0 Å². The van der Waals surface area contributed by atoms with Crippen LogP contribution in [0.5, 0.6) is 5.88 Å². The number of aliphatic imine (C=N–C) groups is 1. The van der Waals surface area contributed by atoms with Gasteiger partial charge in [-0.15, -0.1) is 0 Å². The predicted molar refractivity (Wildman–Crippen MR) is 140 cm³/mol. The highest BCUT2D eigenvalue weighted by atomic mass is 16.3. The zero-order chi connectivity index (χ0) is 24.5. The van der Waals surface area contributed by atoms with Gasteiger partial charge in [-0.05, 0) is 48.2 Å². The maximum atomic E-state index is 12.6. The van der Waals surface area contributed by atoms with Gasteiger partial charge in [-0.3, -0.25) is 4.79 Å². The van der Waals surface area contributed by atoms with Gasteiger partial charge < -0.3 is 15.0 Å². The first kappa shape index (κ1) is 23.3. The fourth-order valence-corrected chi connectivity index (χ4v) is 3.99. The molecular weight excluding hydrogens is 422 g/mol. The number of carbonyl (C=O) groups excluding carboxylic acids is 1. The lowest BCUT2D eigenvalue weighted by atomic mass is 9.91. The van der Waals surface area contributed by atoms with Crippen LogP contribution in [0.1, 0.15) is 43.9 Å². The first-order chi connectivity index (χ1) is 16.1. The van der Waals surface area contributed by atoms with E-state index in [4.69, 9.17) is 4.99 Å². The van der Waals surface area contributed by atoms with E-state index in [1.54, 1.807) is 11.9 Å². The third-order valence-electron chi connectivity index (χ3n) is 5.75. The van der Waals surface area contributed by atoms with Crippen LogP contribution >= 0.6 is 0 Å². The Labute approximate surface area is 200 Å². The third kappa shape index (κ3) is 5.04. The highest BCUT2D eigenvalue weighted by Gasteiger charge is 2.21. The first-order valence-electron chi connectivity index (χ1n) is 11.4. The Morgan fingerprint density at radius 2 is 1.68 bits per heavy atom. The summed E-state index contributed by atoms with van der Waals surface area (Å²) in [5.74, 6) is 0.167. The van der Waals surface area contributed by atoms with E-state index in [-0.39, 0.29) is 17.2 Å². The SMILES string of the molecule is Cc1ccc2c(C(=Nc3ccc(N(C)C(=O)CC(C)(C)C)cc3)c3ccccc3)c(O)[nH]c2c1. The summed E-state index contributed by atoms with van der Waals surface area (Å²) in [7, 11) is 1.80. The smallest absolute Gasteiger partial charge is 0.227 e. The van der Waals surface area contributed by atoms with Crippen molar-refractivity contribution in [1.29, 1.82) is 0 Å². The van der Waals surface area contributed by atoms with E-state index in [2.05, 4.69) is 25.8 Å². The largest absolute Gasteiger partial charge is 0.494 e. The molecule has 1 aromatic heterocycles. The van der Waals surface area contributed by atoms with E-state index >= 15 is 0 Å². The summed E-state index contributed by atoms with van der Waals surface area (Å²) in [6.07, 6.45) is 0.473. The Kier molecular flexibility index (Phi) is 6.29. The van der Waals surface area contributed by atoms with Crippen molar-refractivity contribution in [3.8, 4) is 5.88 Å². The number of hydrogen-bond donors (Lipinski definition) is 2. The Balaban J connectivity index is 1.75. The number of carbonyl (C=O) groups is 1. The number of nitrogens with zero attached hydrogens (tertiary/aromatic N) is 2. The summed E-state index contributed by atoms with van der Waals surface area (Å²) in [5, 5.41) is 11.7. The van der Waals surface area contributed by atoms with Crippen molar-refractivity contribution >= 4 is 33.9 Å². The lowest BCUT2D eigenvalue weighted by molar-refractivity contribution is -0.120. The Morgan fingerprint density at radius 1 is 1.00 bits per heavy atom. The highest BCUT2D eigenvalue weighted by Crippen LogP contribution is 2.32. The Hall–Kier alpha value is -3.86. The molecule has 0 aliphatic carbocycles. The molecule has 0 saturated heterocycles. The van der Waals surface area contributed by atoms with Crippen LogP contribution in [-0.2, 0) is 4.79 Å². The lowest BCUT2D eigenvalue weighted by Crippen LogP contribution is -2.29. The van der Waals surface area contributed by atoms with Gasteiger partial charge in [-0.25, -0.2) is 4.99 Å². The molecule has 2 N–H and O–H groups in total. The second-order valence-corrected chi connectivity index (χ2v) is 9.93. The highest BCUT2D eigenvalue weighted by molar-refractivity contribution is 6.21. The standard InChI is InChI=1S/C29H31N3O2/c1-19-11-16-23-24(17-19)31-28(34)26(23)27(20-9-7-6-8-10-20)30-21-12-14-22(15-13-21)32(5)25(33)18-29(2,3)4/h6-17,31,34H,18H2,1-5H3. The van der Waals surface area contributed by atoms with E-state index in [1.807, 2.05) is 79.7 Å². The average Bonchev–Trinajstić information content (AvgIpc) is 3.11. The van der Waals surface area contributed by atoms with Gasteiger partial charge in [0.2, 0.25) is 5.91 Å². The van der Waals surface area contributed by atoms with Crippen molar-refractivity contribution in [3.05, 3.63) is 89.5 Å². The second kappa shape index (κ2) is 9.18. The number of H-pyrrole nitrogens is 1. The van der Waals surface area contributed by atoms with Crippen LogP contribution in [0.15, 0.2) is 77.8 Å². The molecule has 0 unspecified atom stereocenters.